The number of aromatic nitrogens is 3. The van der Waals surface area contributed by atoms with Gasteiger partial charge in [0.1, 0.15) is 23.9 Å². The third kappa shape index (κ3) is 8.38. The summed E-state index contributed by atoms with van der Waals surface area (Å²) in [5.41, 5.74) is 4.95. The van der Waals surface area contributed by atoms with E-state index in [-0.39, 0.29) is 25.4 Å². The molecule has 0 bridgehead atoms. The SMILES string of the molecule is CC(C)(C)OC(=O)Cc1ccc(-c2cccc3c(C[C@H](NC(=O)OCC4c5ccccc5-c5ccccc54)C(=O)O)cn(C(=O)OC(C)(C)C)c23)nn1. The molecule has 1 aliphatic rings. The van der Waals surface area contributed by atoms with Crippen LogP contribution in [-0.4, -0.2) is 67.8 Å². The van der Waals surface area contributed by atoms with Crippen LogP contribution in [0.15, 0.2) is 85.1 Å². The number of carbonyl (C=O) groups excluding carboxylic acids is 3. The Balaban J connectivity index is 1.25. The van der Waals surface area contributed by atoms with Gasteiger partial charge in [-0.25, -0.2) is 14.4 Å². The predicted octanol–water partition coefficient (Wildman–Crippen LogP) is 7.30. The number of nitrogens with zero attached hydrogens (tertiary/aromatic N) is 3. The van der Waals surface area contributed by atoms with Crippen LogP contribution < -0.4 is 5.32 Å². The molecule has 12 nitrogen and oxygen atoms in total. The van der Waals surface area contributed by atoms with Crippen LogP contribution in [0.5, 0.6) is 0 Å². The van der Waals surface area contributed by atoms with Crippen molar-refractivity contribution < 1.29 is 38.5 Å². The van der Waals surface area contributed by atoms with E-state index in [0.29, 0.717) is 33.4 Å². The monoisotopic (exact) mass is 718 g/mol. The maximum absolute atomic E-state index is 13.6. The van der Waals surface area contributed by atoms with Gasteiger partial charge in [-0.3, -0.25) is 9.36 Å². The Morgan fingerprint density at radius 1 is 0.792 bits per heavy atom. The van der Waals surface area contributed by atoms with Crippen molar-refractivity contribution in [3.63, 3.8) is 0 Å². The predicted molar refractivity (Wildman–Crippen MR) is 197 cm³/mol. The Labute approximate surface area is 307 Å². The van der Waals surface area contributed by atoms with Crippen LogP contribution in [0, 0.1) is 0 Å². The number of hydrogen-bond acceptors (Lipinski definition) is 9. The molecule has 1 atom stereocenters. The summed E-state index contributed by atoms with van der Waals surface area (Å²) in [5.74, 6) is -1.92. The summed E-state index contributed by atoms with van der Waals surface area (Å²) in [5, 5.41) is 21.9. The van der Waals surface area contributed by atoms with Crippen LogP contribution in [0.1, 0.15) is 69.8 Å². The fourth-order valence-corrected chi connectivity index (χ4v) is 6.50. The zero-order valence-corrected chi connectivity index (χ0v) is 30.5. The normalized spacial score (nSPS) is 13.2. The van der Waals surface area contributed by atoms with E-state index < -0.39 is 41.4 Å². The van der Waals surface area contributed by atoms with Gasteiger partial charge in [0.25, 0.3) is 0 Å². The molecule has 2 N–H and O–H groups in total. The highest BCUT2D eigenvalue weighted by molar-refractivity contribution is 6.01. The Bertz CT molecular complexity index is 2150. The minimum absolute atomic E-state index is 0.0190. The van der Waals surface area contributed by atoms with Crippen LogP contribution in [0.3, 0.4) is 0 Å². The highest BCUT2D eigenvalue weighted by Gasteiger charge is 2.31. The number of benzene rings is 3. The Morgan fingerprint density at radius 3 is 2.00 bits per heavy atom. The summed E-state index contributed by atoms with van der Waals surface area (Å²) in [6, 6.07) is 23.1. The lowest BCUT2D eigenvalue weighted by Crippen LogP contribution is -2.42. The number of rotatable bonds is 9. The number of fused-ring (bicyclic) bond motifs is 4. The first-order valence-electron chi connectivity index (χ1n) is 17.3. The van der Waals surface area contributed by atoms with Gasteiger partial charge in [0.05, 0.1) is 23.3 Å². The first kappa shape index (κ1) is 36.7. The lowest BCUT2D eigenvalue weighted by molar-refractivity contribution is -0.154. The van der Waals surface area contributed by atoms with Gasteiger partial charge >= 0.3 is 24.1 Å². The Morgan fingerprint density at radius 2 is 1.42 bits per heavy atom. The second-order valence-corrected chi connectivity index (χ2v) is 14.9. The minimum atomic E-state index is -1.39. The lowest BCUT2D eigenvalue weighted by atomic mass is 9.98. The number of nitrogens with one attached hydrogen (secondary N) is 1. The summed E-state index contributed by atoms with van der Waals surface area (Å²) in [6.45, 7) is 10.6. The molecule has 274 valence electrons. The van der Waals surface area contributed by atoms with Crippen LogP contribution in [-0.2, 0) is 36.6 Å². The molecule has 1 amide bonds. The first-order valence-corrected chi connectivity index (χ1v) is 17.3. The van der Waals surface area contributed by atoms with Crippen molar-refractivity contribution in [2.75, 3.05) is 6.61 Å². The van der Waals surface area contributed by atoms with Gasteiger partial charge in [-0.2, -0.15) is 10.2 Å². The van der Waals surface area contributed by atoms with Crippen molar-refractivity contribution in [2.24, 2.45) is 0 Å². The molecule has 0 radical (unpaired) electrons. The Hall–Kier alpha value is -6.04. The summed E-state index contributed by atoms with van der Waals surface area (Å²) >= 11 is 0. The Kier molecular flexibility index (Phi) is 10.1. The quantitative estimate of drug-likeness (QED) is 0.117. The maximum Gasteiger partial charge on any atom is 0.419 e. The highest BCUT2D eigenvalue weighted by Crippen LogP contribution is 2.44. The number of carbonyl (C=O) groups is 4. The van der Waals surface area contributed by atoms with Crippen LogP contribution >= 0.6 is 0 Å². The first-order chi connectivity index (χ1) is 25.1. The minimum Gasteiger partial charge on any atom is -0.480 e. The number of alkyl carbamates (subject to hydrolysis) is 1. The van der Waals surface area contributed by atoms with Gasteiger partial charge in [0.2, 0.25) is 0 Å². The van der Waals surface area contributed by atoms with Gasteiger partial charge in [-0.15, -0.1) is 0 Å². The molecule has 0 spiro atoms. The summed E-state index contributed by atoms with van der Waals surface area (Å²) < 4.78 is 18.1. The van der Waals surface area contributed by atoms with E-state index in [4.69, 9.17) is 14.2 Å². The van der Waals surface area contributed by atoms with Crippen molar-refractivity contribution in [3.8, 4) is 22.4 Å². The highest BCUT2D eigenvalue weighted by atomic mass is 16.6. The largest absolute Gasteiger partial charge is 0.480 e. The number of ether oxygens (including phenoxy) is 3. The molecule has 0 saturated carbocycles. The zero-order chi connectivity index (χ0) is 38.1. The molecule has 6 rings (SSSR count). The van der Waals surface area contributed by atoms with Gasteiger partial charge in [-0.05, 0) is 81.5 Å². The molecule has 0 saturated heterocycles. The van der Waals surface area contributed by atoms with Gasteiger partial charge in [0, 0.05) is 29.5 Å². The molecule has 2 heterocycles. The van der Waals surface area contributed by atoms with Gasteiger partial charge in [0.15, 0.2) is 0 Å². The number of hydrogen-bond donors (Lipinski definition) is 2. The standard InChI is InChI=1S/C41H42N4O8/c1-40(2,3)52-35(46)21-25-18-19-33(44-43-25)31-17-11-16-26-24(22-45(36(26)31)39(50)53-41(4,5)6)20-34(37(47)48)42-38(49)51-23-32-29-14-9-7-12-27(29)28-13-8-10-15-30(28)32/h7-19,22,32,34H,20-21,23H2,1-6H3,(H,42,49)(H,47,48)/t34-/m0/s1. The fourth-order valence-electron chi connectivity index (χ4n) is 6.50. The molecule has 2 aromatic heterocycles. The topological polar surface area (TPSA) is 159 Å². The molecular weight excluding hydrogens is 676 g/mol. The van der Waals surface area contributed by atoms with E-state index in [9.17, 15) is 24.3 Å². The number of amides is 1. The van der Waals surface area contributed by atoms with E-state index in [0.717, 1.165) is 22.3 Å². The van der Waals surface area contributed by atoms with Gasteiger partial charge in [-0.1, -0.05) is 66.7 Å². The second kappa shape index (κ2) is 14.5. The van der Waals surface area contributed by atoms with Crippen molar-refractivity contribution in [1.82, 2.24) is 20.1 Å². The molecule has 0 unspecified atom stereocenters. The summed E-state index contributed by atoms with van der Waals surface area (Å²) in [6.07, 6.45) is -0.289. The molecular formula is C41H42N4O8. The number of para-hydroxylation sites is 1. The molecule has 53 heavy (non-hydrogen) atoms. The van der Waals surface area contributed by atoms with Gasteiger partial charge < -0.3 is 24.6 Å². The second-order valence-electron chi connectivity index (χ2n) is 14.9. The number of carboxylic acid groups (broad SMARTS) is 1. The average Bonchev–Trinajstić information content (AvgIpc) is 3.61. The number of esters is 1. The third-order valence-electron chi connectivity index (χ3n) is 8.60. The number of carboxylic acids is 1. The molecule has 0 fully saturated rings. The molecule has 12 heteroatoms. The van der Waals surface area contributed by atoms with E-state index in [1.807, 2.05) is 48.5 Å². The van der Waals surface area contributed by atoms with Crippen LogP contribution in [0.4, 0.5) is 9.59 Å². The molecule has 3 aromatic carbocycles. The third-order valence-corrected chi connectivity index (χ3v) is 8.60. The summed E-state index contributed by atoms with van der Waals surface area (Å²) in [4.78, 5) is 51.6. The van der Waals surface area contributed by atoms with E-state index in [2.05, 4.69) is 15.5 Å². The maximum atomic E-state index is 13.6. The van der Waals surface area contributed by atoms with Crippen molar-refractivity contribution >= 4 is 35.0 Å². The number of aliphatic carboxylic acids is 1. The smallest absolute Gasteiger partial charge is 0.419 e. The molecule has 0 aliphatic heterocycles. The molecule has 5 aromatic rings. The zero-order valence-electron chi connectivity index (χ0n) is 30.5. The van der Waals surface area contributed by atoms with Crippen molar-refractivity contribution in [3.05, 3.63) is 107 Å². The van der Waals surface area contributed by atoms with Crippen molar-refractivity contribution in [1.29, 1.82) is 0 Å². The van der Waals surface area contributed by atoms with Crippen LogP contribution in [0.2, 0.25) is 0 Å². The van der Waals surface area contributed by atoms with E-state index >= 15 is 0 Å². The summed E-state index contributed by atoms with van der Waals surface area (Å²) in [7, 11) is 0. The average molecular weight is 719 g/mol. The van der Waals surface area contributed by atoms with Crippen molar-refractivity contribution in [2.45, 2.75) is 77.5 Å². The lowest BCUT2D eigenvalue weighted by Gasteiger charge is -2.20. The molecule has 1 aliphatic carbocycles. The van der Waals surface area contributed by atoms with E-state index in [1.165, 1.54) is 10.8 Å². The fraction of sp³-hybridized carbons (Fsp3) is 0.317. The van der Waals surface area contributed by atoms with Crippen LogP contribution in [0.25, 0.3) is 33.3 Å². The van der Waals surface area contributed by atoms with E-state index in [1.54, 1.807) is 71.9 Å².